The van der Waals surface area contributed by atoms with Gasteiger partial charge in [0, 0.05) is 29.1 Å². The average molecular weight is 416 g/mol. The van der Waals surface area contributed by atoms with Gasteiger partial charge in [-0.25, -0.2) is 0 Å². The molecule has 0 saturated heterocycles. The zero-order chi connectivity index (χ0) is 21.6. The minimum atomic E-state index is -0.497. The van der Waals surface area contributed by atoms with Crippen molar-refractivity contribution < 1.29 is 14.5 Å². The van der Waals surface area contributed by atoms with Crippen molar-refractivity contribution in [2.75, 3.05) is 16.4 Å². The largest absolute Gasteiger partial charge is 0.326 e. The number of carbonyl (C=O) groups is 2. The molecule has 0 aliphatic carbocycles. The Morgan fingerprint density at radius 1 is 1.07 bits per heavy atom. The highest BCUT2D eigenvalue weighted by atomic mass is 32.2. The number of nitro benzene ring substituents is 1. The lowest BCUT2D eigenvalue weighted by Gasteiger charge is -2.17. The molecule has 0 aliphatic rings. The Balaban J connectivity index is 1.95. The number of benzene rings is 2. The fourth-order valence-corrected chi connectivity index (χ4v) is 3.30. The van der Waals surface area contributed by atoms with Crippen LogP contribution in [0.2, 0.25) is 0 Å². The van der Waals surface area contributed by atoms with E-state index in [0.717, 1.165) is 10.5 Å². The van der Waals surface area contributed by atoms with Gasteiger partial charge >= 0.3 is 0 Å². The molecule has 0 saturated carbocycles. The fraction of sp³-hybridized carbons (Fsp3) is 0.333. The third-order valence-electron chi connectivity index (χ3n) is 3.88. The van der Waals surface area contributed by atoms with E-state index in [-0.39, 0.29) is 28.7 Å². The van der Waals surface area contributed by atoms with Gasteiger partial charge in [-0.2, -0.15) is 0 Å². The molecule has 0 radical (unpaired) electrons. The van der Waals surface area contributed by atoms with Crippen LogP contribution in [0.4, 0.5) is 17.1 Å². The first-order chi connectivity index (χ1) is 13.5. The first-order valence-corrected chi connectivity index (χ1v) is 10.1. The summed E-state index contributed by atoms with van der Waals surface area (Å²) in [6.07, 6.45) is 0.412. The van der Waals surface area contributed by atoms with Crippen molar-refractivity contribution in [2.24, 2.45) is 5.41 Å². The summed E-state index contributed by atoms with van der Waals surface area (Å²) in [6.45, 7) is 7.78. The van der Waals surface area contributed by atoms with E-state index in [1.54, 1.807) is 19.1 Å². The number of hydrogen-bond donors (Lipinski definition) is 2. The second-order valence-corrected chi connectivity index (χ2v) is 8.96. The van der Waals surface area contributed by atoms with Crippen LogP contribution in [0.3, 0.4) is 0 Å². The topological polar surface area (TPSA) is 101 Å². The molecule has 2 amide bonds. The summed E-state index contributed by atoms with van der Waals surface area (Å²) in [7, 11) is 0. The van der Waals surface area contributed by atoms with Gasteiger partial charge in [0.25, 0.3) is 5.69 Å². The molecular weight excluding hydrogens is 390 g/mol. The van der Waals surface area contributed by atoms with Gasteiger partial charge in [-0.05, 0) is 36.1 Å². The molecule has 0 atom stereocenters. The van der Waals surface area contributed by atoms with Gasteiger partial charge in [0.1, 0.15) is 0 Å². The summed E-state index contributed by atoms with van der Waals surface area (Å²) in [4.78, 5) is 35.6. The number of nitrogens with one attached hydrogen (secondary N) is 2. The van der Waals surface area contributed by atoms with Crippen LogP contribution in [0.5, 0.6) is 0 Å². The van der Waals surface area contributed by atoms with E-state index in [1.165, 1.54) is 23.9 Å². The highest BCUT2D eigenvalue weighted by Crippen LogP contribution is 2.25. The summed E-state index contributed by atoms with van der Waals surface area (Å²) in [6, 6.07) is 11.6. The molecule has 2 rings (SSSR count). The molecule has 2 aromatic carbocycles. The van der Waals surface area contributed by atoms with Crippen LogP contribution in [0.15, 0.2) is 47.4 Å². The van der Waals surface area contributed by atoms with Gasteiger partial charge in [-0.3, -0.25) is 19.7 Å². The Labute approximate surface area is 174 Å². The van der Waals surface area contributed by atoms with Crippen LogP contribution in [-0.4, -0.2) is 22.5 Å². The Hall–Kier alpha value is -2.87. The van der Waals surface area contributed by atoms with Gasteiger partial charge in [0.2, 0.25) is 11.8 Å². The number of carbonyl (C=O) groups excluding carboxylic acids is 2. The lowest BCUT2D eigenvalue weighted by Crippen LogP contribution is -2.19. The Bertz CT molecular complexity index is 922. The third kappa shape index (κ3) is 7.57. The summed E-state index contributed by atoms with van der Waals surface area (Å²) in [5.41, 5.74) is 1.68. The van der Waals surface area contributed by atoms with Crippen molar-refractivity contribution >= 4 is 40.6 Å². The van der Waals surface area contributed by atoms with E-state index in [0.29, 0.717) is 17.8 Å². The molecular formula is C21H25N3O4S. The molecule has 29 heavy (non-hydrogen) atoms. The Morgan fingerprint density at radius 2 is 1.79 bits per heavy atom. The number of non-ortho nitro benzene ring substituents is 1. The van der Waals surface area contributed by atoms with E-state index < -0.39 is 4.92 Å². The molecule has 0 heterocycles. The zero-order valence-corrected chi connectivity index (χ0v) is 17.8. The highest BCUT2D eigenvalue weighted by molar-refractivity contribution is 8.00. The summed E-state index contributed by atoms with van der Waals surface area (Å²) in [5, 5.41) is 16.5. The second-order valence-electron chi connectivity index (χ2n) is 7.91. The maximum absolute atomic E-state index is 12.3. The molecule has 8 heteroatoms. The number of amides is 2. The van der Waals surface area contributed by atoms with Crippen molar-refractivity contribution in [3.63, 3.8) is 0 Å². The summed E-state index contributed by atoms with van der Waals surface area (Å²) < 4.78 is 0. The minimum absolute atomic E-state index is 0.0569. The van der Waals surface area contributed by atoms with Crippen molar-refractivity contribution in [3.05, 3.63) is 58.1 Å². The van der Waals surface area contributed by atoms with Gasteiger partial charge in [-0.1, -0.05) is 32.9 Å². The monoisotopic (exact) mass is 415 g/mol. The first kappa shape index (κ1) is 22.4. The van der Waals surface area contributed by atoms with E-state index in [2.05, 4.69) is 10.6 Å². The maximum Gasteiger partial charge on any atom is 0.271 e. The lowest BCUT2D eigenvalue weighted by atomic mass is 9.92. The van der Waals surface area contributed by atoms with Crippen molar-refractivity contribution in [1.82, 2.24) is 0 Å². The van der Waals surface area contributed by atoms with Gasteiger partial charge in [0.15, 0.2) is 0 Å². The highest BCUT2D eigenvalue weighted by Gasteiger charge is 2.16. The maximum atomic E-state index is 12.3. The predicted molar refractivity (Wildman–Crippen MR) is 116 cm³/mol. The smallest absolute Gasteiger partial charge is 0.271 e. The summed E-state index contributed by atoms with van der Waals surface area (Å²) >= 11 is 1.32. The van der Waals surface area contributed by atoms with Gasteiger partial charge < -0.3 is 10.6 Å². The Kier molecular flexibility index (Phi) is 7.39. The third-order valence-corrected chi connectivity index (χ3v) is 4.88. The average Bonchev–Trinajstić information content (AvgIpc) is 2.60. The van der Waals surface area contributed by atoms with Crippen LogP contribution < -0.4 is 10.6 Å². The molecule has 0 fully saturated rings. The van der Waals surface area contributed by atoms with Crippen LogP contribution in [0, 0.1) is 22.5 Å². The minimum Gasteiger partial charge on any atom is -0.326 e. The summed E-state index contributed by atoms with van der Waals surface area (Å²) in [5.74, 6) is -0.180. The number of hydrogen-bond acceptors (Lipinski definition) is 5. The second kappa shape index (κ2) is 9.56. The zero-order valence-electron chi connectivity index (χ0n) is 16.9. The quantitative estimate of drug-likeness (QED) is 0.376. The number of aryl methyl sites for hydroxylation is 1. The predicted octanol–water partition coefficient (Wildman–Crippen LogP) is 5.01. The molecule has 0 spiro atoms. The Morgan fingerprint density at radius 3 is 2.45 bits per heavy atom. The number of thioether (sulfide) groups is 1. The van der Waals surface area contributed by atoms with Gasteiger partial charge in [-0.15, -0.1) is 11.8 Å². The number of nitrogens with zero attached hydrogens (tertiary/aromatic N) is 1. The van der Waals surface area contributed by atoms with E-state index in [4.69, 9.17) is 0 Å². The first-order valence-electron chi connectivity index (χ1n) is 9.11. The van der Waals surface area contributed by atoms with E-state index >= 15 is 0 Å². The van der Waals surface area contributed by atoms with Crippen LogP contribution in [-0.2, 0) is 9.59 Å². The molecule has 2 aromatic rings. The van der Waals surface area contributed by atoms with Crippen molar-refractivity contribution in [2.45, 2.75) is 39.0 Å². The molecule has 2 N–H and O–H groups in total. The van der Waals surface area contributed by atoms with Gasteiger partial charge in [0.05, 0.1) is 16.4 Å². The molecule has 7 nitrogen and oxygen atoms in total. The molecule has 0 bridgehead atoms. The molecule has 0 unspecified atom stereocenters. The number of nitro groups is 1. The van der Waals surface area contributed by atoms with Crippen LogP contribution >= 0.6 is 11.8 Å². The SMILES string of the molecule is Cc1ccc([N+](=O)[O-])cc1NC(=O)CSc1cccc(NC(=O)CC(C)(C)C)c1. The van der Waals surface area contributed by atoms with Crippen molar-refractivity contribution in [1.29, 1.82) is 0 Å². The number of rotatable bonds is 7. The standard InChI is InChI=1S/C21H25N3O4S/c1-14-8-9-16(24(27)28)11-18(14)23-20(26)13-29-17-7-5-6-15(10-17)22-19(25)12-21(2,3)4/h5-11H,12-13H2,1-4H3,(H,22,25)(H,23,26). The van der Waals surface area contributed by atoms with Crippen LogP contribution in [0.1, 0.15) is 32.8 Å². The molecule has 0 aliphatic heterocycles. The molecule has 154 valence electrons. The fourth-order valence-electron chi connectivity index (χ4n) is 2.54. The lowest BCUT2D eigenvalue weighted by molar-refractivity contribution is -0.384. The van der Waals surface area contributed by atoms with Crippen molar-refractivity contribution in [3.8, 4) is 0 Å². The van der Waals surface area contributed by atoms with E-state index in [1.807, 2.05) is 39.0 Å². The van der Waals surface area contributed by atoms with Crippen LogP contribution in [0.25, 0.3) is 0 Å². The normalized spacial score (nSPS) is 11.0. The molecule has 0 aromatic heterocycles. The number of anilines is 2. The van der Waals surface area contributed by atoms with E-state index in [9.17, 15) is 19.7 Å².